The largest absolute Gasteiger partial charge is 0.497 e. The number of hydrogen-bond acceptors (Lipinski definition) is 6. The molecule has 4 rings (SSSR count). The van der Waals surface area contributed by atoms with E-state index < -0.39 is 12.1 Å². The predicted molar refractivity (Wildman–Crippen MR) is 140 cm³/mol. The molecule has 0 unspecified atom stereocenters. The second-order valence-corrected chi connectivity index (χ2v) is 10.5. The summed E-state index contributed by atoms with van der Waals surface area (Å²) in [6.45, 7) is 2.37. The van der Waals surface area contributed by atoms with Gasteiger partial charge in [0.25, 0.3) is 0 Å². The highest BCUT2D eigenvalue weighted by Crippen LogP contribution is 2.35. The molecule has 1 aliphatic heterocycles. The van der Waals surface area contributed by atoms with Crippen LogP contribution in [0.15, 0.2) is 59.6 Å². The highest BCUT2D eigenvalue weighted by atomic mass is 32.2. The van der Waals surface area contributed by atoms with Gasteiger partial charge in [-0.3, -0.25) is 9.78 Å². The van der Waals surface area contributed by atoms with Gasteiger partial charge in [0.15, 0.2) is 0 Å². The van der Waals surface area contributed by atoms with Crippen LogP contribution in [0.1, 0.15) is 37.4 Å². The quantitative estimate of drug-likeness (QED) is 0.333. The second-order valence-electron chi connectivity index (χ2n) is 9.36. The van der Waals surface area contributed by atoms with Crippen molar-refractivity contribution in [3.8, 4) is 5.75 Å². The maximum atomic E-state index is 13.9. The summed E-state index contributed by atoms with van der Waals surface area (Å²) in [4.78, 5) is 18.9. The molecule has 3 aromatic rings. The van der Waals surface area contributed by atoms with Gasteiger partial charge in [-0.2, -0.15) is 0 Å². The standard InChI is InChI=1S/C28H33FN2O4S/c1-35-21-7-8-25-23(17-21)22(10-12-30-25)26(32)9-6-19-11-13-31(18-20(19)16-28(33)34)14-15-36-27-5-3-2-4-24(27)29/h2-5,7-8,10,12,17,19-20,26,32H,6,9,11,13-16,18H2,1H3,(H,33,34)/t19-,20+,26-/m1/s1. The van der Waals surface area contributed by atoms with Gasteiger partial charge in [-0.1, -0.05) is 12.1 Å². The molecule has 192 valence electrons. The van der Waals surface area contributed by atoms with Crippen LogP contribution in [0, 0.1) is 17.7 Å². The van der Waals surface area contributed by atoms with Crippen LogP contribution in [0.2, 0.25) is 0 Å². The number of halogens is 1. The number of aromatic nitrogens is 1. The fourth-order valence-electron chi connectivity index (χ4n) is 5.13. The van der Waals surface area contributed by atoms with Gasteiger partial charge in [0, 0.05) is 41.7 Å². The van der Waals surface area contributed by atoms with E-state index in [9.17, 15) is 19.4 Å². The molecule has 1 fully saturated rings. The maximum Gasteiger partial charge on any atom is 0.303 e. The molecule has 0 spiro atoms. The number of piperidine rings is 1. The first kappa shape index (κ1) is 26.4. The predicted octanol–water partition coefficient (Wildman–Crippen LogP) is 5.40. The lowest BCUT2D eigenvalue weighted by Crippen LogP contribution is -2.42. The monoisotopic (exact) mass is 512 g/mol. The van der Waals surface area contributed by atoms with Crippen LogP contribution in [0.5, 0.6) is 5.75 Å². The Morgan fingerprint density at radius 3 is 2.86 bits per heavy atom. The van der Waals surface area contributed by atoms with Crippen molar-refractivity contribution in [2.45, 2.75) is 36.7 Å². The molecule has 36 heavy (non-hydrogen) atoms. The molecule has 2 aromatic carbocycles. The number of thioether (sulfide) groups is 1. The summed E-state index contributed by atoms with van der Waals surface area (Å²) in [6.07, 6.45) is 3.36. The van der Waals surface area contributed by atoms with E-state index in [2.05, 4.69) is 9.88 Å². The molecule has 0 amide bonds. The molecule has 0 bridgehead atoms. The first-order valence-electron chi connectivity index (χ1n) is 12.4. The fraction of sp³-hybridized carbons (Fsp3) is 0.429. The minimum atomic E-state index is -0.791. The summed E-state index contributed by atoms with van der Waals surface area (Å²) in [7, 11) is 1.61. The number of benzene rings is 2. The van der Waals surface area contributed by atoms with Gasteiger partial charge in [-0.25, -0.2) is 4.39 Å². The Hall–Kier alpha value is -2.68. The number of carboxylic acids is 1. The van der Waals surface area contributed by atoms with Gasteiger partial charge in [-0.05, 0) is 79.6 Å². The van der Waals surface area contributed by atoms with Crippen LogP contribution in [0.4, 0.5) is 4.39 Å². The lowest BCUT2D eigenvalue weighted by atomic mass is 9.79. The number of aliphatic carboxylic acids is 1. The number of aliphatic hydroxyl groups excluding tert-OH is 1. The summed E-state index contributed by atoms with van der Waals surface area (Å²) in [5.41, 5.74) is 1.62. The number of nitrogens with zero attached hydrogens (tertiary/aromatic N) is 2. The van der Waals surface area contributed by atoms with E-state index in [-0.39, 0.29) is 24.1 Å². The van der Waals surface area contributed by atoms with Crippen LogP contribution >= 0.6 is 11.8 Å². The van der Waals surface area contributed by atoms with Gasteiger partial charge in [0.1, 0.15) is 11.6 Å². The van der Waals surface area contributed by atoms with Gasteiger partial charge in [-0.15, -0.1) is 11.8 Å². The minimum absolute atomic E-state index is 0.0242. The van der Waals surface area contributed by atoms with Crippen LogP contribution in [0.25, 0.3) is 10.9 Å². The van der Waals surface area contributed by atoms with E-state index in [0.29, 0.717) is 23.6 Å². The first-order valence-corrected chi connectivity index (χ1v) is 13.4. The number of rotatable bonds is 11. The Labute approximate surface area is 215 Å². The maximum absolute atomic E-state index is 13.9. The number of fused-ring (bicyclic) bond motifs is 1. The van der Waals surface area contributed by atoms with Gasteiger partial charge >= 0.3 is 5.97 Å². The normalized spacial score (nSPS) is 19.3. The first-order chi connectivity index (χ1) is 17.4. The second kappa shape index (κ2) is 12.5. The third-order valence-corrected chi connectivity index (χ3v) is 8.10. The van der Waals surface area contributed by atoms with Crippen molar-refractivity contribution >= 4 is 28.6 Å². The van der Waals surface area contributed by atoms with Crippen LogP contribution in [-0.4, -0.2) is 58.6 Å². The zero-order valence-corrected chi connectivity index (χ0v) is 21.3. The summed E-state index contributed by atoms with van der Waals surface area (Å²) in [5.74, 6) is 0.725. The van der Waals surface area contributed by atoms with Crippen molar-refractivity contribution < 1.29 is 24.1 Å². The Bertz CT molecular complexity index is 1180. The Balaban J connectivity index is 1.35. The number of pyridine rings is 1. The molecule has 0 radical (unpaired) electrons. The van der Waals surface area contributed by atoms with E-state index in [1.165, 1.54) is 17.8 Å². The van der Waals surface area contributed by atoms with Gasteiger partial charge < -0.3 is 19.8 Å². The van der Waals surface area contributed by atoms with E-state index in [0.717, 1.165) is 48.2 Å². The lowest BCUT2D eigenvalue weighted by molar-refractivity contribution is -0.139. The third kappa shape index (κ3) is 6.75. The minimum Gasteiger partial charge on any atom is -0.497 e. The molecule has 0 aliphatic carbocycles. The molecule has 3 atom stereocenters. The Morgan fingerprint density at radius 2 is 2.08 bits per heavy atom. The molecule has 0 saturated carbocycles. The molecule has 1 saturated heterocycles. The number of ether oxygens (including phenoxy) is 1. The molecule has 8 heteroatoms. The van der Waals surface area contributed by atoms with Crippen LogP contribution < -0.4 is 4.74 Å². The molecule has 2 N–H and O–H groups in total. The van der Waals surface area contributed by atoms with Crippen molar-refractivity contribution in [1.29, 1.82) is 0 Å². The zero-order valence-electron chi connectivity index (χ0n) is 20.5. The van der Waals surface area contributed by atoms with Crippen molar-refractivity contribution in [2.24, 2.45) is 11.8 Å². The number of hydrogen-bond donors (Lipinski definition) is 2. The van der Waals surface area contributed by atoms with E-state index in [4.69, 9.17) is 4.74 Å². The zero-order chi connectivity index (χ0) is 25.5. The summed E-state index contributed by atoms with van der Waals surface area (Å²) in [6, 6.07) is 14.2. The molecular weight excluding hydrogens is 479 g/mol. The number of methoxy groups -OCH3 is 1. The van der Waals surface area contributed by atoms with E-state index in [1.807, 2.05) is 30.3 Å². The Morgan fingerprint density at radius 1 is 1.25 bits per heavy atom. The number of aliphatic hydroxyl groups is 1. The highest BCUT2D eigenvalue weighted by molar-refractivity contribution is 7.99. The van der Waals surface area contributed by atoms with Crippen molar-refractivity contribution in [3.05, 3.63) is 66.1 Å². The molecular formula is C28H33FN2O4S. The topological polar surface area (TPSA) is 82.9 Å². The molecule has 6 nitrogen and oxygen atoms in total. The van der Waals surface area contributed by atoms with Gasteiger partial charge in [0.2, 0.25) is 0 Å². The van der Waals surface area contributed by atoms with Crippen molar-refractivity contribution in [1.82, 2.24) is 9.88 Å². The Kier molecular flexibility index (Phi) is 9.18. The smallest absolute Gasteiger partial charge is 0.303 e. The summed E-state index contributed by atoms with van der Waals surface area (Å²) in [5, 5.41) is 21.4. The van der Waals surface area contributed by atoms with Crippen LogP contribution in [-0.2, 0) is 4.79 Å². The summed E-state index contributed by atoms with van der Waals surface area (Å²) >= 11 is 1.49. The van der Waals surface area contributed by atoms with Crippen molar-refractivity contribution in [2.75, 3.05) is 32.5 Å². The molecule has 1 aliphatic rings. The van der Waals surface area contributed by atoms with E-state index in [1.54, 1.807) is 25.4 Å². The van der Waals surface area contributed by atoms with E-state index >= 15 is 0 Å². The third-order valence-electron chi connectivity index (χ3n) is 7.07. The van der Waals surface area contributed by atoms with Crippen LogP contribution in [0.3, 0.4) is 0 Å². The fourth-order valence-corrected chi connectivity index (χ4v) is 6.08. The SMILES string of the molecule is COc1ccc2nccc([C@H](O)CC[C@@H]3CCN(CCSc4ccccc4F)C[C@@H]3CC(=O)O)c2c1. The molecule has 2 heterocycles. The lowest BCUT2D eigenvalue weighted by Gasteiger charge is -2.38. The van der Waals surface area contributed by atoms with Gasteiger partial charge in [0.05, 0.1) is 18.7 Å². The highest BCUT2D eigenvalue weighted by Gasteiger charge is 2.31. The average Bonchev–Trinajstić information content (AvgIpc) is 2.88. The number of likely N-dealkylation sites (tertiary alicyclic amines) is 1. The number of carboxylic acid groups (broad SMARTS) is 1. The molecule has 1 aromatic heterocycles. The summed E-state index contributed by atoms with van der Waals surface area (Å²) < 4.78 is 19.2. The van der Waals surface area contributed by atoms with Crippen molar-refractivity contribution in [3.63, 3.8) is 0 Å². The average molecular weight is 513 g/mol. The number of carbonyl (C=O) groups is 1.